The molecule has 12 nitrogen and oxygen atoms in total. The Morgan fingerprint density at radius 2 is 1.84 bits per heavy atom. The molecule has 2 aliphatic heterocycles. The number of anilines is 2. The van der Waals surface area contributed by atoms with Gasteiger partial charge in [0.05, 0.1) is 17.7 Å². The second-order valence-corrected chi connectivity index (χ2v) is 10.7. The number of carbonyl (C=O) groups excluding carboxylic acids is 4. The number of rotatable bonds is 4. The van der Waals surface area contributed by atoms with Gasteiger partial charge in [-0.05, 0) is 46.8 Å². The third-order valence-electron chi connectivity index (χ3n) is 6.51. The summed E-state index contributed by atoms with van der Waals surface area (Å²) in [6.45, 7) is 10.8. The number of para-hydroxylation sites is 1. The fourth-order valence-corrected chi connectivity index (χ4v) is 4.88. The molecule has 0 radical (unpaired) electrons. The van der Waals surface area contributed by atoms with Crippen molar-refractivity contribution in [1.82, 2.24) is 24.9 Å². The van der Waals surface area contributed by atoms with Crippen molar-refractivity contribution in [3.8, 4) is 0 Å². The predicted octanol–water partition coefficient (Wildman–Crippen LogP) is 2.29. The van der Waals surface area contributed by atoms with Crippen molar-refractivity contribution in [2.45, 2.75) is 58.7 Å². The van der Waals surface area contributed by atoms with Gasteiger partial charge in [-0.3, -0.25) is 29.4 Å². The number of urea groups is 1. The molecule has 2 aromatic rings. The number of hydrogen-bond acceptors (Lipinski definition) is 7. The summed E-state index contributed by atoms with van der Waals surface area (Å²) >= 11 is 0. The van der Waals surface area contributed by atoms with Gasteiger partial charge in [-0.15, -0.1) is 0 Å². The highest BCUT2D eigenvalue weighted by Gasteiger charge is 2.35. The second kappa shape index (κ2) is 10.0. The molecule has 12 heteroatoms. The van der Waals surface area contributed by atoms with Gasteiger partial charge in [0.1, 0.15) is 5.60 Å². The van der Waals surface area contributed by atoms with Crippen LogP contribution in [0.3, 0.4) is 0 Å². The van der Waals surface area contributed by atoms with Crippen LogP contribution in [0, 0.1) is 0 Å². The first-order valence-corrected chi connectivity index (χ1v) is 12.4. The smallest absolute Gasteiger partial charge is 0.410 e. The summed E-state index contributed by atoms with van der Waals surface area (Å²) in [6.07, 6.45) is -0.154. The molecule has 1 aromatic heterocycles. The van der Waals surface area contributed by atoms with Gasteiger partial charge in [0.15, 0.2) is 5.82 Å². The van der Waals surface area contributed by atoms with E-state index in [1.54, 1.807) is 28.8 Å². The number of hydrogen-bond donors (Lipinski definition) is 2. The Labute approximate surface area is 215 Å². The van der Waals surface area contributed by atoms with E-state index >= 15 is 0 Å². The van der Waals surface area contributed by atoms with E-state index in [2.05, 4.69) is 20.6 Å². The molecule has 5 amide bonds. The van der Waals surface area contributed by atoms with Crippen molar-refractivity contribution in [3.63, 3.8) is 0 Å². The van der Waals surface area contributed by atoms with Crippen LogP contribution in [-0.4, -0.2) is 87.4 Å². The number of aromatic nitrogens is 2. The van der Waals surface area contributed by atoms with E-state index in [9.17, 15) is 19.2 Å². The van der Waals surface area contributed by atoms with Crippen molar-refractivity contribution in [1.29, 1.82) is 0 Å². The zero-order valence-electron chi connectivity index (χ0n) is 22.2. The number of fused-ring (bicyclic) bond motifs is 1. The number of benzene rings is 1. The summed E-state index contributed by atoms with van der Waals surface area (Å²) in [5.41, 5.74) is 0.680. The summed E-state index contributed by atoms with van der Waals surface area (Å²) < 4.78 is 7.13. The third kappa shape index (κ3) is 5.68. The summed E-state index contributed by atoms with van der Waals surface area (Å²) in [5.74, 6) is -0.0788. The molecule has 2 atom stereocenters. The van der Waals surface area contributed by atoms with Gasteiger partial charge in [-0.1, -0.05) is 6.07 Å². The zero-order chi connectivity index (χ0) is 27.1. The summed E-state index contributed by atoms with van der Waals surface area (Å²) in [7, 11) is 1.74. The first-order chi connectivity index (χ1) is 17.3. The summed E-state index contributed by atoms with van der Waals surface area (Å²) in [5, 5.41) is 10.5. The standard InChI is InChI=1S/C25H35N7O5/c1-15-12-30(24(36)37-25(3,4)5)13-16(2)32(15)14-20(34)26-18-9-7-8-17-21(18)29(6)28-22(17)31-11-10-19(33)27-23(31)35/h7-9,15-16H,10-14H2,1-6H3,(H,26,34)(H,27,33,35)/t15-,16+. The highest BCUT2D eigenvalue weighted by Crippen LogP contribution is 2.32. The van der Waals surface area contributed by atoms with E-state index in [1.807, 2.05) is 40.7 Å². The number of nitrogens with one attached hydrogen (secondary N) is 2. The first-order valence-electron chi connectivity index (χ1n) is 12.4. The van der Waals surface area contributed by atoms with Crippen LogP contribution in [0.2, 0.25) is 0 Å². The molecule has 200 valence electrons. The van der Waals surface area contributed by atoms with Crippen molar-refractivity contribution >= 4 is 46.3 Å². The van der Waals surface area contributed by atoms with E-state index < -0.39 is 11.6 Å². The topological polar surface area (TPSA) is 129 Å². The van der Waals surface area contributed by atoms with Crippen molar-refractivity contribution in [2.24, 2.45) is 7.05 Å². The van der Waals surface area contributed by atoms with Gasteiger partial charge in [0.2, 0.25) is 11.8 Å². The van der Waals surface area contributed by atoms with E-state index in [1.165, 1.54) is 4.90 Å². The highest BCUT2D eigenvalue weighted by atomic mass is 16.6. The van der Waals surface area contributed by atoms with Crippen LogP contribution in [-0.2, 0) is 21.4 Å². The quantitative estimate of drug-likeness (QED) is 0.642. The Morgan fingerprint density at radius 3 is 2.46 bits per heavy atom. The van der Waals surface area contributed by atoms with Gasteiger partial charge < -0.3 is 15.0 Å². The molecular formula is C25H35N7O5. The van der Waals surface area contributed by atoms with Crippen LogP contribution in [0.4, 0.5) is 21.1 Å². The summed E-state index contributed by atoms with van der Waals surface area (Å²) in [6, 6.07) is 4.82. The molecule has 1 aromatic carbocycles. The van der Waals surface area contributed by atoms with Crippen LogP contribution in [0.5, 0.6) is 0 Å². The average Bonchev–Trinajstić information content (AvgIpc) is 3.12. The third-order valence-corrected chi connectivity index (χ3v) is 6.51. The van der Waals surface area contributed by atoms with Crippen LogP contribution in [0.1, 0.15) is 41.0 Å². The van der Waals surface area contributed by atoms with Crippen molar-refractivity contribution in [2.75, 3.05) is 36.4 Å². The minimum atomic E-state index is -0.567. The molecule has 0 aliphatic carbocycles. The van der Waals surface area contributed by atoms with Gasteiger partial charge in [0.25, 0.3) is 0 Å². The predicted molar refractivity (Wildman–Crippen MR) is 138 cm³/mol. The fourth-order valence-electron chi connectivity index (χ4n) is 4.88. The number of carbonyl (C=O) groups is 4. The molecule has 0 spiro atoms. The van der Waals surface area contributed by atoms with Crippen LogP contribution in [0.15, 0.2) is 18.2 Å². The Balaban J connectivity index is 1.46. The maximum absolute atomic E-state index is 13.1. The molecule has 4 rings (SSSR count). The normalized spacial score (nSPS) is 21.2. The van der Waals surface area contributed by atoms with Gasteiger partial charge >= 0.3 is 12.1 Å². The lowest BCUT2D eigenvalue weighted by Gasteiger charge is -2.44. The van der Waals surface area contributed by atoms with Crippen LogP contribution in [0.25, 0.3) is 10.9 Å². The molecule has 0 bridgehead atoms. The maximum atomic E-state index is 13.1. The SMILES string of the molecule is C[C@@H]1CN(C(=O)OC(C)(C)C)C[C@H](C)N1CC(=O)Nc1cccc2c(N3CCC(=O)NC3=O)nn(C)c12. The van der Waals surface area contributed by atoms with E-state index in [-0.39, 0.29) is 49.5 Å². The Morgan fingerprint density at radius 1 is 1.16 bits per heavy atom. The number of imide groups is 1. The zero-order valence-corrected chi connectivity index (χ0v) is 22.2. The van der Waals surface area contributed by atoms with Gasteiger partial charge in [0, 0.05) is 50.6 Å². The molecule has 37 heavy (non-hydrogen) atoms. The lowest BCUT2D eigenvalue weighted by molar-refractivity contribution is -0.120. The minimum Gasteiger partial charge on any atom is -0.444 e. The second-order valence-electron chi connectivity index (χ2n) is 10.7. The molecule has 2 N–H and O–H groups in total. The molecule has 3 heterocycles. The minimum absolute atomic E-state index is 0.0403. The number of piperazine rings is 1. The lowest BCUT2D eigenvalue weighted by atomic mass is 10.1. The molecule has 2 aliphatic rings. The van der Waals surface area contributed by atoms with E-state index in [0.29, 0.717) is 35.5 Å². The Bertz CT molecular complexity index is 1220. The summed E-state index contributed by atoms with van der Waals surface area (Å²) in [4.78, 5) is 54.8. The number of amides is 5. The Kier molecular flexibility index (Phi) is 7.13. The largest absolute Gasteiger partial charge is 0.444 e. The molecule has 0 saturated carbocycles. The number of aryl methyl sites for hydroxylation is 1. The van der Waals surface area contributed by atoms with E-state index in [4.69, 9.17) is 4.74 Å². The Hall–Kier alpha value is -3.67. The van der Waals surface area contributed by atoms with Crippen molar-refractivity contribution in [3.05, 3.63) is 18.2 Å². The average molecular weight is 514 g/mol. The monoisotopic (exact) mass is 513 g/mol. The maximum Gasteiger partial charge on any atom is 0.410 e. The number of ether oxygens (including phenoxy) is 1. The van der Waals surface area contributed by atoms with Crippen LogP contribution >= 0.6 is 0 Å². The molecule has 2 saturated heterocycles. The lowest BCUT2D eigenvalue weighted by Crippen LogP contribution is -2.59. The van der Waals surface area contributed by atoms with Crippen molar-refractivity contribution < 1.29 is 23.9 Å². The van der Waals surface area contributed by atoms with Gasteiger partial charge in [-0.2, -0.15) is 5.10 Å². The highest BCUT2D eigenvalue weighted by molar-refractivity contribution is 6.11. The van der Waals surface area contributed by atoms with Gasteiger partial charge in [-0.25, -0.2) is 9.59 Å². The first kappa shape index (κ1) is 26.4. The van der Waals surface area contributed by atoms with Crippen LogP contribution < -0.4 is 15.5 Å². The van der Waals surface area contributed by atoms with E-state index in [0.717, 1.165) is 0 Å². The fraction of sp³-hybridized carbons (Fsp3) is 0.560. The molecule has 0 unspecified atom stereocenters. The molecular weight excluding hydrogens is 478 g/mol. The molecule has 2 fully saturated rings. The number of nitrogens with zero attached hydrogens (tertiary/aromatic N) is 5.